The maximum Gasteiger partial charge on any atom is 0.272 e. The number of piperazine rings is 1. The zero-order valence-electron chi connectivity index (χ0n) is 12.4. The molecule has 7 nitrogen and oxygen atoms in total. The van der Waals surface area contributed by atoms with Gasteiger partial charge in [-0.05, 0) is 7.05 Å². The van der Waals surface area contributed by atoms with Crippen molar-refractivity contribution in [2.24, 2.45) is 0 Å². The smallest absolute Gasteiger partial charge is 0.272 e. The van der Waals surface area contributed by atoms with Gasteiger partial charge >= 0.3 is 0 Å². The molecule has 3 heterocycles. The average molecular weight is 291 g/mol. The van der Waals surface area contributed by atoms with E-state index >= 15 is 0 Å². The fraction of sp³-hybridized carbons (Fsp3) is 0.643. The Hall–Kier alpha value is -1.73. The van der Waals surface area contributed by atoms with Crippen LogP contribution in [0, 0.1) is 0 Å². The molecule has 0 N–H and O–H groups in total. The predicted molar refractivity (Wildman–Crippen MR) is 78.5 cm³/mol. The fourth-order valence-corrected chi connectivity index (χ4v) is 2.60. The minimum atomic E-state index is -0.0314. The van der Waals surface area contributed by atoms with Crippen LogP contribution in [0.1, 0.15) is 10.5 Å². The van der Waals surface area contributed by atoms with E-state index in [0.29, 0.717) is 32.0 Å². The van der Waals surface area contributed by atoms with Crippen molar-refractivity contribution in [3.8, 4) is 0 Å². The Balaban J connectivity index is 1.71. The van der Waals surface area contributed by atoms with Crippen molar-refractivity contribution >= 4 is 11.7 Å². The highest BCUT2D eigenvalue weighted by molar-refractivity contribution is 5.93. The van der Waals surface area contributed by atoms with Crippen LogP contribution in [0.25, 0.3) is 0 Å². The lowest BCUT2D eigenvalue weighted by atomic mass is 10.2. The van der Waals surface area contributed by atoms with Crippen LogP contribution < -0.4 is 4.90 Å². The van der Waals surface area contributed by atoms with E-state index in [0.717, 1.165) is 32.0 Å². The number of carbonyl (C=O) groups excluding carboxylic acids is 1. The van der Waals surface area contributed by atoms with Gasteiger partial charge in [0, 0.05) is 45.3 Å². The molecule has 2 fully saturated rings. The normalized spacial score (nSPS) is 20.6. The third-order valence-corrected chi connectivity index (χ3v) is 4.00. The van der Waals surface area contributed by atoms with Crippen LogP contribution in [-0.2, 0) is 4.74 Å². The number of morpholine rings is 1. The number of likely N-dealkylation sites (N-methyl/N-ethyl adjacent to an activating group) is 1. The lowest BCUT2D eigenvalue weighted by molar-refractivity contribution is 0.0299. The van der Waals surface area contributed by atoms with Crippen molar-refractivity contribution in [1.29, 1.82) is 0 Å². The molecule has 0 spiro atoms. The van der Waals surface area contributed by atoms with Crippen LogP contribution >= 0.6 is 0 Å². The van der Waals surface area contributed by atoms with Gasteiger partial charge in [0.05, 0.1) is 13.2 Å². The lowest BCUT2D eigenvalue weighted by Gasteiger charge is -2.33. The number of ether oxygens (including phenoxy) is 1. The number of anilines is 1. The summed E-state index contributed by atoms with van der Waals surface area (Å²) in [7, 11) is 2.12. The molecule has 1 aromatic rings. The van der Waals surface area contributed by atoms with E-state index in [9.17, 15) is 4.79 Å². The fourth-order valence-electron chi connectivity index (χ4n) is 2.60. The third-order valence-electron chi connectivity index (χ3n) is 4.00. The van der Waals surface area contributed by atoms with E-state index in [-0.39, 0.29) is 5.91 Å². The van der Waals surface area contributed by atoms with Crippen molar-refractivity contribution in [3.05, 3.63) is 18.1 Å². The molecule has 1 amide bonds. The molecule has 0 saturated carbocycles. The molecule has 0 radical (unpaired) electrons. The first-order valence-electron chi connectivity index (χ1n) is 7.36. The number of amides is 1. The van der Waals surface area contributed by atoms with Crippen LogP contribution in [0.5, 0.6) is 0 Å². The zero-order valence-corrected chi connectivity index (χ0v) is 12.4. The number of nitrogens with zero attached hydrogens (tertiary/aromatic N) is 5. The van der Waals surface area contributed by atoms with Gasteiger partial charge in [-0.25, -0.2) is 9.97 Å². The summed E-state index contributed by atoms with van der Waals surface area (Å²) >= 11 is 0. The Morgan fingerprint density at radius 3 is 2.52 bits per heavy atom. The number of hydrogen-bond acceptors (Lipinski definition) is 6. The molecule has 3 rings (SSSR count). The highest BCUT2D eigenvalue weighted by Crippen LogP contribution is 2.15. The second-order valence-electron chi connectivity index (χ2n) is 5.46. The summed E-state index contributed by atoms with van der Waals surface area (Å²) in [5.41, 5.74) is 0.473. The minimum absolute atomic E-state index is 0.0314. The molecule has 2 saturated heterocycles. The SMILES string of the molecule is CN1CCN(c2cc(C(=O)N3CCOCC3)ncn2)CC1. The zero-order chi connectivity index (χ0) is 14.7. The van der Waals surface area contributed by atoms with Crippen LogP contribution in [-0.4, -0.2) is 85.2 Å². The van der Waals surface area contributed by atoms with E-state index in [1.165, 1.54) is 6.33 Å². The predicted octanol–water partition coefficient (Wildman–Crippen LogP) is -0.299. The third kappa shape index (κ3) is 3.30. The van der Waals surface area contributed by atoms with Crippen molar-refractivity contribution in [1.82, 2.24) is 19.8 Å². The summed E-state index contributed by atoms with van der Waals surface area (Å²) in [6.45, 7) is 6.34. The molecule has 0 atom stereocenters. The Bertz CT molecular complexity index is 496. The van der Waals surface area contributed by atoms with Gasteiger partial charge in [-0.15, -0.1) is 0 Å². The second-order valence-corrected chi connectivity index (χ2v) is 5.46. The van der Waals surface area contributed by atoms with Gasteiger partial charge in [0.25, 0.3) is 5.91 Å². The van der Waals surface area contributed by atoms with Gasteiger partial charge in [0.15, 0.2) is 0 Å². The molecule has 114 valence electrons. The summed E-state index contributed by atoms with van der Waals surface area (Å²) in [4.78, 5) is 27.2. The first-order valence-corrected chi connectivity index (χ1v) is 7.36. The van der Waals surface area contributed by atoms with Gasteiger partial charge < -0.3 is 19.4 Å². The van der Waals surface area contributed by atoms with Gasteiger partial charge in [0.1, 0.15) is 17.8 Å². The molecule has 2 aliphatic heterocycles. The monoisotopic (exact) mass is 291 g/mol. The lowest BCUT2D eigenvalue weighted by Crippen LogP contribution is -2.45. The van der Waals surface area contributed by atoms with Crippen molar-refractivity contribution in [3.63, 3.8) is 0 Å². The van der Waals surface area contributed by atoms with Gasteiger partial charge in [-0.3, -0.25) is 4.79 Å². The molecule has 0 unspecified atom stereocenters. The second kappa shape index (κ2) is 6.36. The Morgan fingerprint density at radius 1 is 1.10 bits per heavy atom. The molecule has 0 aliphatic carbocycles. The molecular weight excluding hydrogens is 270 g/mol. The minimum Gasteiger partial charge on any atom is -0.378 e. The number of hydrogen-bond donors (Lipinski definition) is 0. The maximum atomic E-state index is 12.4. The summed E-state index contributed by atoms with van der Waals surface area (Å²) in [6, 6.07) is 1.81. The van der Waals surface area contributed by atoms with Gasteiger partial charge in [0.2, 0.25) is 0 Å². The van der Waals surface area contributed by atoms with Gasteiger partial charge in [-0.2, -0.15) is 0 Å². The molecule has 2 aliphatic rings. The standard InChI is InChI=1S/C14H21N5O2/c1-17-2-4-18(5-3-17)13-10-12(15-11-16-13)14(20)19-6-8-21-9-7-19/h10-11H,2-9H2,1H3. The van der Waals surface area contributed by atoms with Crippen molar-refractivity contribution in [2.75, 3.05) is 64.4 Å². The first-order chi connectivity index (χ1) is 10.2. The van der Waals surface area contributed by atoms with Gasteiger partial charge in [-0.1, -0.05) is 0 Å². The largest absolute Gasteiger partial charge is 0.378 e. The molecular formula is C14H21N5O2. The number of rotatable bonds is 2. The summed E-state index contributed by atoms with van der Waals surface area (Å²) in [5.74, 6) is 0.811. The quantitative estimate of drug-likeness (QED) is 0.745. The Morgan fingerprint density at radius 2 is 1.81 bits per heavy atom. The highest BCUT2D eigenvalue weighted by atomic mass is 16.5. The van der Waals surface area contributed by atoms with Crippen LogP contribution in [0.3, 0.4) is 0 Å². The highest BCUT2D eigenvalue weighted by Gasteiger charge is 2.22. The van der Waals surface area contributed by atoms with E-state index in [2.05, 4.69) is 26.8 Å². The molecule has 0 aromatic carbocycles. The molecule has 1 aromatic heterocycles. The van der Waals surface area contributed by atoms with Crippen LogP contribution in [0.4, 0.5) is 5.82 Å². The van der Waals surface area contributed by atoms with E-state index in [1.807, 2.05) is 6.07 Å². The van der Waals surface area contributed by atoms with E-state index < -0.39 is 0 Å². The number of carbonyl (C=O) groups is 1. The molecule has 7 heteroatoms. The number of aromatic nitrogens is 2. The van der Waals surface area contributed by atoms with E-state index in [1.54, 1.807) is 4.90 Å². The summed E-state index contributed by atoms with van der Waals surface area (Å²) in [5, 5.41) is 0. The molecule has 0 bridgehead atoms. The van der Waals surface area contributed by atoms with Crippen LogP contribution in [0.15, 0.2) is 12.4 Å². The average Bonchev–Trinajstić information content (AvgIpc) is 2.56. The topological polar surface area (TPSA) is 61.8 Å². The summed E-state index contributed by atoms with van der Waals surface area (Å²) < 4.78 is 5.28. The first kappa shape index (κ1) is 14.2. The Kier molecular flexibility index (Phi) is 4.31. The van der Waals surface area contributed by atoms with Crippen molar-refractivity contribution in [2.45, 2.75) is 0 Å². The van der Waals surface area contributed by atoms with E-state index in [4.69, 9.17) is 4.74 Å². The van der Waals surface area contributed by atoms with Crippen molar-refractivity contribution < 1.29 is 9.53 Å². The Labute approximate surface area is 124 Å². The maximum absolute atomic E-state index is 12.4. The summed E-state index contributed by atoms with van der Waals surface area (Å²) in [6.07, 6.45) is 1.49. The van der Waals surface area contributed by atoms with Crippen LogP contribution in [0.2, 0.25) is 0 Å². The molecule has 21 heavy (non-hydrogen) atoms.